The Hall–Kier alpha value is -3.92. The molecule has 4 nitrogen and oxygen atoms in total. The second kappa shape index (κ2) is 9.72. The van der Waals surface area contributed by atoms with Crippen molar-refractivity contribution < 1.29 is 18.9 Å². The molecule has 0 atom stereocenters. The Morgan fingerprint density at radius 1 is 0.387 bits per heavy atom. The maximum Gasteiger partial charge on any atom is 0.230 e. The van der Waals surface area contributed by atoms with Crippen LogP contribution in [0.15, 0.2) is 97.1 Å². The fourth-order valence-electron chi connectivity index (χ4n) is 3.22. The monoisotopic (exact) mass is 412 g/mol. The van der Waals surface area contributed by atoms with E-state index in [4.69, 9.17) is 18.9 Å². The van der Waals surface area contributed by atoms with Crippen molar-refractivity contribution in [2.45, 2.75) is 0 Å². The van der Waals surface area contributed by atoms with Crippen molar-refractivity contribution in [1.82, 2.24) is 0 Å². The summed E-state index contributed by atoms with van der Waals surface area (Å²) in [7, 11) is 3.33. The van der Waals surface area contributed by atoms with Gasteiger partial charge in [-0.15, -0.1) is 0 Å². The van der Waals surface area contributed by atoms with E-state index in [2.05, 4.69) is 0 Å². The topological polar surface area (TPSA) is 36.9 Å². The van der Waals surface area contributed by atoms with Crippen molar-refractivity contribution in [3.63, 3.8) is 0 Å². The van der Waals surface area contributed by atoms with Gasteiger partial charge in [-0.2, -0.15) is 0 Å². The molecule has 0 aliphatic rings. The first-order chi connectivity index (χ1) is 15.2. The maximum absolute atomic E-state index is 5.72. The van der Waals surface area contributed by atoms with E-state index in [0.29, 0.717) is 0 Å². The molecule has 4 heteroatoms. The molecule has 0 fully saturated rings. The molecule has 0 spiro atoms. The molecular weight excluding hydrogens is 388 g/mol. The lowest BCUT2D eigenvalue weighted by molar-refractivity contribution is 0.120. The van der Waals surface area contributed by atoms with E-state index in [0.717, 1.165) is 45.3 Å². The summed E-state index contributed by atoms with van der Waals surface area (Å²) >= 11 is 0. The highest BCUT2D eigenvalue weighted by molar-refractivity contribution is 5.65. The number of hydrogen-bond acceptors (Lipinski definition) is 4. The van der Waals surface area contributed by atoms with Gasteiger partial charge in [0.1, 0.15) is 23.0 Å². The summed E-state index contributed by atoms with van der Waals surface area (Å²) in [5.41, 5.74) is 4.48. The second-order valence-corrected chi connectivity index (χ2v) is 6.91. The van der Waals surface area contributed by atoms with Gasteiger partial charge in [0.05, 0.1) is 14.2 Å². The Balaban J connectivity index is 1.30. The zero-order valence-corrected chi connectivity index (χ0v) is 17.6. The van der Waals surface area contributed by atoms with Gasteiger partial charge in [-0.05, 0) is 70.8 Å². The van der Waals surface area contributed by atoms with Crippen LogP contribution in [-0.4, -0.2) is 21.0 Å². The first kappa shape index (κ1) is 20.4. The molecule has 0 bridgehead atoms. The van der Waals surface area contributed by atoms with Crippen LogP contribution >= 0.6 is 0 Å². The molecule has 4 rings (SSSR count). The first-order valence-electron chi connectivity index (χ1n) is 10.00. The van der Waals surface area contributed by atoms with E-state index < -0.39 is 0 Å². The lowest BCUT2D eigenvalue weighted by atomic mass is 10.1. The standard InChI is InChI=1S/C27H24O4/c1-28-24-11-3-20(4-12-24)22-7-15-26(16-8-22)30-19-31-27-17-9-23(10-18-27)21-5-13-25(29-2)14-6-21/h3-18H,19H2,1-2H3. The highest BCUT2D eigenvalue weighted by atomic mass is 16.7. The molecule has 0 unspecified atom stereocenters. The minimum absolute atomic E-state index is 0.143. The van der Waals surface area contributed by atoms with Crippen LogP contribution in [0, 0.1) is 0 Å². The Labute approximate surface area is 182 Å². The van der Waals surface area contributed by atoms with Crippen molar-refractivity contribution in [1.29, 1.82) is 0 Å². The average molecular weight is 412 g/mol. The Kier molecular flexibility index (Phi) is 6.38. The summed E-state index contributed by atoms with van der Waals surface area (Å²) in [4.78, 5) is 0. The number of benzene rings is 4. The van der Waals surface area contributed by atoms with Gasteiger partial charge in [0.15, 0.2) is 0 Å². The minimum Gasteiger partial charge on any atom is -0.497 e. The van der Waals surface area contributed by atoms with Crippen molar-refractivity contribution in [2.75, 3.05) is 21.0 Å². The lowest BCUT2D eigenvalue weighted by Crippen LogP contribution is -2.05. The summed E-state index contributed by atoms with van der Waals surface area (Å²) in [5, 5.41) is 0. The Bertz CT molecular complexity index is 993. The van der Waals surface area contributed by atoms with Crippen LogP contribution in [0.25, 0.3) is 22.3 Å². The number of methoxy groups -OCH3 is 2. The molecule has 0 radical (unpaired) electrons. The average Bonchev–Trinajstić information content (AvgIpc) is 2.85. The molecule has 0 amide bonds. The molecule has 0 aliphatic heterocycles. The fraction of sp³-hybridized carbons (Fsp3) is 0.111. The SMILES string of the molecule is COc1ccc(-c2ccc(OCOc3ccc(-c4ccc(OC)cc4)cc3)cc2)cc1. The summed E-state index contributed by atoms with van der Waals surface area (Å²) in [6.07, 6.45) is 0. The zero-order valence-electron chi connectivity index (χ0n) is 17.6. The van der Waals surface area contributed by atoms with Gasteiger partial charge in [-0.25, -0.2) is 0 Å². The lowest BCUT2D eigenvalue weighted by Gasteiger charge is -2.10. The van der Waals surface area contributed by atoms with Gasteiger partial charge in [-0.1, -0.05) is 48.5 Å². The second-order valence-electron chi connectivity index (χ2n) is 6.91. The molecular formula is C27H24O4. The third-order valence-corrected chi connectivity index (χ3v) is 5.01. The van der Waals surface area contributed by atoms with Gasteiger partial charge in [0, 0.05) is 0 Å². The summed E-state index contributed by atoms with van der Waals surface area (Å²) in [6, 6.07) is 31.8. The smallest absolute Gasteiger partial charge is 0.230 e. The zero-order chi connectivity index (χ0) is 21.5. The van der Waals surface area contributed by atoms with Gasteiger partial charge in [-0.3, -0.25) is 0 Å². The van der Waals surface area contributed by atoms with E-state index in [9.17, 15) is 0 Å². The summed E-state index contributed by atoms with van der Waals surface area (Å²) in [6.45, 7) is 0.143. The van der Waals surface area contributed by atoms with E-state index in [1.165, 1.54) is 0 Å². The molecule has 31 heavy (non-hydrogen) atoms. The van der Waals surface area contributed by atoms with E-state index in [1.807, 2.05) is 97.1 Å². The molecule has 0 heterocycles. The van der Waals surface area contributed by atoms with Crippen LogP contribution in [0.3, 0.4) is 0 Å². The predicted molar refractivity (Wildman–Crippen MR) is 123 cm³/mol. The first-order valence-corrected chi connectivity index (χ1v) is 10.00. The van der Waals surface area contributed by atoms with E-state index >= 15 is 0 Å². The normalized spacial score (nSPS) is 10.4. The molecule has 0 saturated carbocycles. The van der Waals surface area contributed by atoms with Gasteiger partial charge < -0.3 is 18.9 Å². The van der Waals surface area contributed by atoms with Crippen LogP contribution in [0.4, 0.5) is 0 Å². The van der Waals surface area contributed by atoms with Crippen LogP contribution in [0.2, 0.25) is 0 Å². The van der Waals surface area contributed by atoms with Crippen LogP contribution < -0.4 is 18.9 Å². The van der Waals surface area contributed by atoms with Gasteiger partial charge in [0.2, 0.25) is 6.79 Å². The third kappa shape index (κ3) is 5.17. The maximum atomic E-state index is 5.72. The highest BCUT2D eigenvalue weighted by Crippen LogP contribution is 2.26. The van der Waals surface area contributed by atoms with Crippen LogP contribution in [-0.2, 0) is 0 Å². The van der Waals surface area contributed by atoms with E-state index in [1.54, 1.807) is 14.2 Å². The summed E-state index contributed by atoms with van der Waals surface area (Å²) < 4.78 is 21.9. The Morgan fingerprint density at radius 2 is 0.645 bits per heavy atom. The fourth-order valence-corrected chi connectivity index (χ4v) is 3.22. The molecule has 0 aromatic heterocycles. The van der Waals surface area contributed by atoms with E-state index in [-0.39, 0.29) is 6.79 Å². The molecule has 4 aromatic carbocycles. The van der Waals surface area contributed by atoms with Crippen molar-refractivity contribution in [3.8, 4) is 45.3 Å². The summed E-state index contributed by atoms with van der Waals surface area (Å²) in [5.74, 6) is 3.20. The largest absolute Gasteiger partial charge is 0.497 e. The quantitative estimate of drug-likeness (QED) is 0.312. The molecule has 4 aromatic rings. The molecule has 156 valence electrons. The molecule has 0 saturated heterocycles. The van der Waals surface area contributed by atoms with Crippen molar-refractivity contribution in [3.05, 3.63) is 97.1 Å². The minimum atomic E-state index is 0.143. The Morgan fingerprint density at radius 3 is 0.903 bits per heavy atom. The van der Waals surface area contributed by atoms with Crippen molar-refractivity contribution >= 4 is 0 Å². The number of hydrogen-bond donors (Lipinski definition) is 0. The molecule has 0 N–H and O–H groups in total. The van der Waals surface area contributed by atoms with Gasteiger partial charge >= 0.3 is 0 Å². The molecule has 0 aliphatic carbocycles. The van der Waals surface area contributed by atoms with Gasteiger partial charge in [0.25, 0.3) is 0 Å². The van der Waals surface area contributed by atoms with Crippen molar-refractivity contribution in [2.24, 2.45) is 0 Å². The number of rotatable bonds is 8. The predicted octanol–water partition coefficient (Wildman–Crippen LogP) is 6.45. The van der Waals surface area contributed by atoms with Crippen LogP contribution in [0.1, 0.15) is 0 Å². The third-order valence-electron chi connectivity index (χ3n) is 5.01. The number of ether oxygens (including phenoxy) is 4. The highest BCUT2D eigenvalue weighted by Gasteiger charge is 2.02. The van der Waals surface area contributed by atoms with Crippen LogP contribution in [0.5, 0.6) is 23.0 Å².